The molecule has 1 heterocycles. The first-order valence-corrected chi connectivity index (χ1v) is 8.85. The van der Waals surface area contributed by atoms with Crippen LogP contribution in [0.3, 0.4) is 0 Å². The molecule has 0 bridgehead atoms. The summed E-state index contributed by atoms with van der Waals surface area (Å²) in [5.74, 6) is -0.680. The number of benzene rings is 1. The summed E-state index contributed by atoms with van der Waals surface area (Å²) in [4.78, 5) is 28.7. The number of nitrogens with one attached hydrogen (secondary N) is 2. The van der Waals surface area contributed by atoms with Crippen LogP contribution in [-0.2, 0) is 14.4 Å². The Morgan fingerprint density at radius 2 is 1.89 bits per heavy atom. The van der Waals surface area contributed by atoms with Crippen LogP contribution in [0.25, 0.3) is 0 Å². The number of amides is 2. The molecule has 4 atom stereocenters. The molecule has 0 aliphatic carbocycles. The first kappa shape index (κ1) is 21.6. The maximum absolute atomic E-state index is 12.1. The van der Waals surface area contributed by atoms with Gasteiger partial charge in [-0.3, -0.25) is 14.9 Å². The van der Waals surface area contributed by atoms with E-state index in [2.05, 4.69) is 15.8 Å². The van der Waals surface area contributed by atoms with E-state index in [0.717, 1.165) is 0 Å². The third-order valence-electron chi connectivity index (χ3n) is 3.94. The van der Waals surface area contributed by atoms with E-state index in [9.17, 15) is 24.9 Å². The fourth-order valence-electron chi connectivity index (χ4n) is 2.58. The molecule has 1 aliphatic heterocycles. The monoisotopic (exact) mass is 395 g/mol. The Morgan fingerprint density at radius 3 is 2.50 bits per heavy atom. The molecular weight excluding hydrogens is 370 g/mol. The second kappa shape index (κ2) is 10.0. The van der Waals surface area contributed by atoms with Gasteiger partial charge in [-0.25, -0.2) is 4.79 Å². The lowest BCUT2D eigenvalue weighted by atomic mass is 9.97. The summed E-state index contributed by atoms with van der Waals surface area (Å²) in [6, 6.07) is 7.25. The molecular formula is C18H25N3O7. The van der Waals surface area contributed by atoms with Crippen molar-refractivity contribution in [3.63, 3.8) is 0 Å². The third-order valence-corrected chi connectivity index (χ3v) is 3.94. The van der Waals surface area contributed by atoms with Gasteiger partial charge in [0.1, 0.15) is 18.2 Å². The van der Waals surface area contributed by atoms with Gasteiger partial charge in [0.05, 0.1) is 6.61 Å². The van der Waals surface area contributed by atoms with Crippen molar-refractivity contribution in [1.82, 2.24) is 5.32 Å². The van der Waals surface area contributed by atoms with E-state index < -0.39 is 43.0 Å². The van der Waals surface area contributed by atoms with Crippen molar-refractivity contribution in [3.05, 3.63) is 30.3 Å². The lowest BCUT2D eigenvalue weighted by molar-refractivity contribution is -0.128. The van der Waals surface area contributed by atoms with Crippen LogP contribution < -0.4 is 10.6 Å². The maximum atomic E-state index is 12.1. The molecule has 1 aliphatic rings. The Labute approximate surface area is 162 Å². The van der Waals surface area contributed by atoms with Gasteiger partial charge >= 0.3 is 6.09 Å². The number of para-hydroxylation sites is 1. The quantitative estimate of drug-likeness (QED) is 0.341. The zero-order valence-electron chi connectivity index (χ0n) is 15.6. The summed E-state index contributed by atoms with van der Waals surface area (Å²) < 4.78 is 5.31. The molecule has 1 aromatic rings. The SMILES string of the molecule is CC(C)CC(=O)N[C@@H]1/C(=N/OC(=O)Nc2ccccc2)OC(CO)C(O)[C@@H]1O. The summed E-state index contributed by atoms with van der Waals surface area (Å²) in [5, 5.41) is 38.1. The number of carbonyl (C=O) groups is 2. The predicted molar refractivity (Wildman–Crippen MR) is 99.3 cm³/mol. The summed E-state index contributed by atoms with van der Waals surface area (Å²) in [7, 11) is 0. The van der Waals surface area contributed by atoms with Crippen molar-refractivity contribution in [3.8, 4) is 0 Å². The average Bonchev–Trinajstić information content (AvgIpc) is 2.65. The summed E-state index contributed by atoms with van der Waals surface area (Å²) in [6.07, 6.45) is -4.91. The average molecular weight is 395 g/mol. The van der Waals surface area contributed by atoms with Crippen molar-refractivity contribution in [1.29, 1.82) is 0 Å². The van der Waals surface area contributed by atoms with Crippen molar-refractivity contribution in [2.24, 2.45) is 11.1 Å². The van der Waals surface area contributed by atoms with Gasteiger partial charge in [0.25, 0.3) is 5.90 Å². The summed E-state index contributed by atoms with van der Waals surface area (Å²) in [6.45, 7) is 3.08. The van der Waals surface area contributed by atoms with E-state index in [1.54, 1.807) is 30.3 Å². The Bertz CT molecular complexity index is 696. The van der Waals surface area contributed by atoms with Crippen molar-refractivity contribution in [2.75, 3.05) is 11.9 Å². The van der Waals surface area contributed by atoms with Gasteiger partial charge in [-0.1, -0.05) is 32.0 Å². The zero-order valence-corrected chi connectivity index (χ0v) is 15.6. The fourth-order valence-corrected chi connectivity index (χ4v) is 2.58. The summed E-state index contributed by atoms with van der Waals surface area (Å²) >= 11 is 0. The zero-order chi connectivity index (χ0) is 20.7. The Morgan fingerprint density at radius 1 is 1.21 bits per heavy atom. The van der Waals surface area contributed by atoms with Gasteiger partial charge in [-0.15, -0.1) is 0 Å². The van der Waals surface area contributed by atoms with E-state index in [4.69, 9.17) is 9.57 Å². The molecule has 1 fully saturated rings. The van der Waals surface area contributed by atoms with Crippen LogP contribution in [-0.4, -0.2) is 64.2 Å². The van der Waals surface area contributed by atoms with E-state index in [-0.39, 0.29) is 18.2 Å². The number of anilines is 1. The Balaban J connectivity index is 2.11. The molecule has 10 heteroatoms. The number of aliphatic hydroxyl groups excluding tert-OH is 3. The van der Waals surface area contributed by atoms with Crippen LogP contribution in [0.1, 0.15) is 20.3 Å². The van der Waals surface area contributed by atoms with Gasteiger partial charge in [-0.05, 0) is 23.2 Å². The molecule has 2 amide bonds. The molecule has 10 nitrogen and oxygen atoms in total. The van der Waals surface area contributed by atoms with E-state index in [1.165, 1.54) is 0 Å². The first-order valence-electron chi connectivity index (χ1n) is 8.85. The molecule has 2 rings (SSSR count). The molecule has 0 aromatic heterocycles. The minimum atomic E-state index is -1.51. The van der Waals surface area contributed by atoms with Crippen molar-refractivity contribution in [2.45, 2.75) is 44.6 Å². The van der Waals surface area contributed by atoms with Gasteiger partial charge in [-0.2, -0.15) is 0 Å². The van der Waals surface area contributed by atoms with Crippen LogP contribution >= 0.6 is 0 Å². The van der Waals surface area contributed by atoms with E-state index in [1.807, 2.05) is 13.8 Å². The maximum Gasteiger partial charge on any atom is 0.437 e. The molecule has 1 saturated heterocycles. The molecule has 154 valence electrons. The lowest BCUT2D eigenvalue weighted by Crippen LogP contribution is -2.62. The van der Waals surface area contributed by atoms with Crippen LogP contribution in [0, 0.1) is 5.92 Å². The van der Waals surface area contributed by atoms with Crippen LogP contribution in [0.4, 0.5) is 10.5 Å². The smallest absolute Gasteiger partial charge is 0.437 e. The third kappa shape index (κ3) is 5.91. The number of hydrogen-bond acceptors (Lipinski definition) is 8. The predicted octanol–water partition coefficient (Wildman–Crippen LogP) is 0.192. The Kier molecular flexibility index (Phi) is 7.73. The number of rotatable bonds is 6. The van der Waals surface area contributed by atoms with Gasteiger partial charge in [0.15, 0.2) is 6.10 Å². The van der Waals surface area contributed by atoms with Crippen LogP contribution in [0.15, 0.2) is 35.5 Å². The standard InChI is InChI=1S/C18H25N3O7/c1-10(2)8-13(23)20-14-16(25)15(24)12(9-22)27-17(14)21-28-18(26)19-11-6-4-3-5-7-11/h3-7,10,12,14-16,22,24-25H,8-9H2,1-2H3,(H,19,26)(H,20,23)/b21-17-/t12?,14-,15?,16+/m0/s1. The molecule has 0 spiro atoms. The van der Waals surface area contributed by atoms with Gasteiger partial charge in [0.2, 0.25) is 5.91 Å². The molecule has 0 radical (unpaired) electrons. The normalized spacial score (nSPS) is 25.9. The number of hydrogen-bond donors (Lipinski definition) is 5. The molecule has 5 N–H and O–H groups in total. The van der Waals surface area contributed by atoms with E-state index >= 15 is 0 Å². The van der Waals surface area contributed by atoms with Crippen LogP contribution in [0.2, 0.25) is 0 Å². The molecule has 0 saturated carbocycles. The van der Waals surface area contributed by atoms with Gasteiger partial charge < -0.3 is 25.4 Å². The minimum Gasteiger partial charge on any atom is -0.468 e. The van der Waals surface area contributed by atoms with E-state index in [0.29, 0.717) is 5.69 Å². The highest BCUT2D eigenvalue weighted by Gasteiger charge is 2.44. The highest BCUT2D eigenvalue weighted by Crippen LogP contribution is 2.19. The highest BCUT2D eigenvalue weighted by atomic mass is 16.7. The first-order chi connectivity index (χ1) is 13.3. The van der Waals surface area contributed by atoms with Crippen molar-refractivity contribution < 1.29 is 34.5 Å². The second-order valence-corrected chi connectivity index (χ2v) is 6.76. The topological polar surface area (TPSA) is 150 Å². The van der Waals surface area contributed by atoms with Gasteiger partial charge in [0, 0.05) is 12.1 Å². The fraction of sp³-hybridized carbons (Fsp3) is 0.500. The Hall–Kier alpha value is -2.69. The molecule has 28 heavy (non-hydrogen) atoms. The summed E-state index contributed by atoms with van der Waals surface area (Å²) in [5.41, 5.74) is 0.475. The largest absolute Gasteiger partial charge is 0.468 e. The number of ether oxygens (including phenoxy) is 1. The second-order valence-electron chi connectivity index (χ2n) is 6.76. The molecule has 1 aromatic carbocycles. The lowest BCUT2D eigenvalue weighted by Gasteiger charge is -2.37. The minimum absolute atomic E-state index is 0.0602. The number of oxime groups is 1. The molecule has 2 unspecified atom stereocenters. The van der Waals surface area contributed by atoms with Crippen LogP contribution in [0.5, 0.6) is 0 Å². The number of carbonyl (C=O) groups excluding carboxylic acids is 2. The number of aliphatic hydroxyl groups is 3. The van der Waals surface area contributed by atoms with Crippen molar-refractivity contribution >= 4 is 23.6 Å². The highest BCUT2D eigenvalue weighted by molar-refractivity contribution is 5.90. The number of nitrogens with zero attached hydrogens (tertiary/aromatic N) is 1.